The first-order valence-electron chi connectivity index (χ1n) is 4.25. The molecule has 0 amide bonds. The minimum atomic E-state index is -5.34. The molecule has 0 fully saturated rings. The van der Waals surface area contributed by atoms with Gasteiger partial charge in [0.1, 0.15) is 5.69 Å². The van der Waals surface area contributed by atoms with Crippen LogP contribution >= 0.6 is 0 Å². The molecule has 11 heteroatoms. The van der Waals surface area contributed by atoms with Crippen LogP contribution in [0.25, 0.3) is 0 Å². The first kappa shape index (κ1) is 14.9. The Morgan fingerprint density at radius 1 is 1.21 bits per heavy atom. The lowest BCUT2D eigenvalue weighted by Gasteiger charge is -2.12. The number of alkyl halides is 6. The van der Waals surface area contributed by atoms with Crippen LogP contribution < -0.4 is 10.3 Å². The van der Waals surface area contributed by atoms with E-state index in [1.54, 1.807) is 0 Å². The van der Waals surface area contributed by atoms with Gasteiger partial charge in [-0.1, -0.05) is 0 Å². The molecule has 0 unspecified atom stereocenters. The molecular formula is C8H3F6NO4. The summed E-state index contributed by atoms with van der Waals surface area (Å²) < 4.78 is 75.7. The molecule has 0 aromatic carbocycles. The quantitative estimate of drug-likeness (QED) is 0.817. The number of halogens is 6. The van der Waals surface area contributed by atoms with Crippen molar-refractivity contribution in [3.63, 3.8) is 0 Å². The molecule has 0 atom stereocenters. The maximum absolute atomic E-state index is 12.4. The van der Waals surface area contributed by atoms with Gasteiger partial charge in [0.05, 0.1) is 5.56 Å². The lowest BCUT2D eigenvalue weighted by Crippen LogP contribution is -2.27. The van der Waals surface area contributed by atoms with Gasteiger partial charge in [-0.2, -0.15) is 13.2 Å². The number of hydrogen-bond donors (Lipinski definition) is 2. The number of aromatic amines is 1. The summed E-state index contributed by atoms with van der Waals surface area (Å²) in [5, 5.41) is 8.48. The summed E-state index contributed by atoms with van der Waals surface area (Å²) in [7, 11) is 0. The summed E-state index contributed by atoms with van der Waals surface area (Å²) in [6.45, 7) is 0. The Morgan fingerprint density at radius 3 is 2.11 bits per heavy atom. The first-order valence-corrected chi connectivity index (χ1v) is 4.25. The molecule has 0 aliphatic heterocycles. The van der Waals surface area contributed by atoms with Crippen LogP contribution in [0.5, 0.6) is 5.75 Å². The van der Waals surface area contributed by atoms with Gasteiger partial charge in [-0.3, -0.25) is 4.79 Å². The topological polar surface area (TPSA) is 79.4 Å². The second kappa shape index (κ2) is 4.48. The first-order chi connectivity index (χ1) is 8.42. The predicted molar refractivity (Wildman–Crippen MR) is 45.7 cm³/mol. The van der Waals surface area contributed by atoms with Crippen LogP contribution in [-0.4, -0.2) is 22.4 Å². The maximum Gasteiger partial charge on any atom is 0.573 e. The summed E-state index contributed by atoms with van der Waals surface area (Å²) in [5.41, 5.74) is -5.39. The molecule has 0 spiro atoms. The molecule has 0 aliphatic rings. The molecule has 1 heterocycles. The number of carboxylic acids is 1. The van der Waals surface area contributed by atoms with Crippen LogP contribution in [0.4, 0.5) is 26.3 Å². The monoisotopic (exact) mass is 291 g/mol. The van der Waals surface area contributed by atoms with E-state index in [1.807, 2.05) is 0 Å². The number of aromatic nitrogens is 1. The van der Waals surface area contributed by atoms with Gasteiger partial charge in [-0.05, 0) is 0 Å². The van der Waals surface area contributed by atoms with E-state index >= 15 is 0 Å². The van der Waals surface area contributed by atoms with Crippen LogP contribution in [0, 0.1) is 0 Å². The van der Waals surface area contributed by atoms with Crippen LogP contribution in [-0.2, 0) is 6.18 Å². The van der Waals surface area contributed by atoms with E-state index in [1.165, 1.54) is 0 Å². The lowest BCUT2D eigenvalue weighted by atomic mass is 10.2. The smallest absolute Gasteiger partial charge is 0.478 e. The Morgan fingerprint density at radius 2 is 1.74 bits per heavy atom. The second-order valence-electron chi connectivity index (χ2n) is 3.10. The van der Waals surface area contributed by atoms with E-state index in [2.05, 4.69) is 4.74 Å². The number of pyridine rings is 1. The molecule has 0 saturated heterocycles. The van der Waals surface area contributed by atoms with E-state index in [4.69, 9.17) is 5.11 Å². The number of carbonyl (C=O) groups is 1. The Kier molecular flexibility index (Phi) is 3.50. The number of aromatic carboxylic acids is 1. The molecule has 1 aromatic heterocycles. The number of rotatable bonds is 2. The van der Waals surface area contributed by atoms with E-state index in [0.29, 0.717) is 0 Å². The third kappa shape index (κ3) is 3.63. The van der Waals surface area contributed by atoms with Crippen molar-refractivity contribution in [2.75, 3.05) is 0 Å². The van der Waals surface area contributed by atoms with Gasteiger partial charge in [0.25, 0.3) is 5.56 Å². The maximum atomic E-state index is 12.4. The van der Waals surface area contributed by atoms with Gasteiger partial charge in [0, 0.05) is 6.07 Å². The van der Waals surface area contributed by atoms with E-state index in [-0.39, 0.29) is 6.07 Å². The average molecular weight is 291 g/mol. The highest BCUT2D eigenvalue weighted by atomic mass is 19.4. The van der Waals surface area contributed by atoms with E-state index in [0.717, 1.165) is 4.98 Å². The molecule has 0 bridgehead atoms. The number of hydrogen-bond acceptors (Lipinski definition) is 3. The van der Waals surface area contributed by atoms with Crippen molar-refractivity contribution in [1.82, 2.24) is 4.98 Å². The van der Waals surface area contributed by atoms with Crippen molar-refractivity contribution in [1.29, 1.82) is 0 Å². The summed E-state index contributed by atoms with van der Waals surface area (Å²) in [6, 6.07) is -0.141. The van der Waals surface area contributed by atoms with E-state index in [9.17, 15) is 35.9 Å². The SMILES string of the molecule is O=C(O)c1cc(OC(F)(F)F)c(=O)[nH]c1C(F)(F)F. The van der Waals surface area contributed by atoms with Gasteiger partial charge >= 0.3 is 18.5 Å². The zero-order valence-corrected chi connectivity index (χ0v) is 8.52. The van der Waals surface area contributed by atoms with Crippen LogP contribution in [0.15, 0.2) is 10.9 Å². The largest absolute Gasteiger partial charge is 0.573 e. The fourth-order valence-electron chi connectivity index (χ4n) is 1.10. The molecule has 0 radical (unpaired) electrons. The molecule has 19 heavy (non-hydrogen) atoms. The van der Waals surface area contributed by atoms with Crippen LogP contribution in [0.1, 0.15) is 16.1 Å². The molecule has 1 aromatic rings. The van der Waals surface area contributed by atoms with Crippen molar-refractivity contribution in [3.05, 3.63) is 27.7 Å². The summed E-state index contributed by atoms with van der Waals surface area (Å²) >= 11 is 0. The Balaban J connectivity index is 3.46. The van der Waals surface area contributed by atoms with E-state index < -0.39 is 41.1 Å². The molecule has 2 N–H and O–H groups in total. The highest BCUT2D eigenvalue weighted by molar-refractivity contribution is 5.89. The van der Waals surface area contributed by atoms with Crippen molar-refractivity contribution in [2.45, 2.75) is 12.5 Å². The van der Waals surface area contributed by atoms with Crippen molar-refractivity contribution >= 4 is 5.97 Å². The van der Waals surface area contributed by atoms with Gasteiger partial charge in [-0.15, -0.1) is 13.2 Å². The molecule has 5 nitrogen and oxygen atoms in total. The van der Waals surface area contributed by atoms with Gasteiger partial charge < -0.3 is 14.8 Å². The molecular weight excluding hydrogens is 288 g/mol. The van der Waals surface area contributed by atoms with Crippen molar-refractivity contribution < 1.29 is 41.0 Å². The minimum absolute atomic E-state index is 0.141. The zero-order chi connectivity index (χ0) is 15.0. The molecule has 1 rings (SSSR count). The average Bonchev–Trinajstić information content (AvgIpc) is 2.16. The number of ether oxygens (including phenoxy) is 1. The molecule has 0 aliphatic carbocycles. The van der Waals surface area contributed by atoms with Crippen molar-refractivity contribution in [3.8, 4) is 5.75 Å². The Hall–Kier alpha value is -2.20. The van der Waals surface area contributed by atoms with Gasteiger partial charge in [-0.25, -0.2) is 4.79 Å². The minimum Gasteiger partial charge on any atom is -0.478 e. The molecule has 0 saturated carbocycles. The highest BCUT2D eigenvalue weighted by Crippen LogP contribution is 2.31. The van der Waals surface area contributed by atoms with Crippen LogP contribution in [0.2, 0.25) is 0 Å². The fraction of sp³-hybridized carbons (Fsp3) is 0.250. The normalized spacial score (nSPS) is 12.3. The second-order valence-corrected chi connectivity index (χ2v) is 3.10. The predicted octanol–water partition coefficient (Wildman–Crippen LogP) is 1.99. The van der Waals surface area contributed by atoms with Gasteiger partial charge in [0.15, 0.2) is 5.75 Å². The Labute approximate surface area is 99.0 Å². The third-order valence-corrected chi connectivity index (χ3v) is 1.75. The number of nitrogens with one attached hydrogen (secondary N) is 1. The number of H-pyrrole nitrogens is 1. The third-order valence-electron chi connectivity index (χ3n) is 1.75. The standard InChI is InChI=1S/C8H3F6NO4/c9-7(10,11)4-2(6(17)18)1-3(5(16)15-4)19-8(12,13)14/h1H,(H,15,16)(H,17,18). The molecule has 106 valence electrons. The van der Waals surface area contributed by atoms with Crippen molar-refractivity contribution in [2.24, 2.45) is 0 Å². The zero-order valence-electron chi connectivity index (χ0n) is 8.52. The summed E-state index contributed by atoms with van der Waals surface area (Å²) in [4.78, 5) is 22.5. The fourth-order valence-corrected chi connectivity index (χ4v) is 1.10. The summed E-state index contributed by atoms with van der Waals surface area (Å²) in [5.74, 6) is -3.77. The van der Waals surface area contributed by atoms with Crippen LogP contribution in [0.3, 0.4) is 0 Å². The summed E-state index contributed by atoms with van der Waals surface area (Å²) in [6.07, 6.45) is -10.6. The lowest BCUT2D eigenvalue weighted by molar-refractivity contribution is -0.275. The Bertz CT molecular complexity index is 558. The van der Waals surface area contributed by atoms with Gasteiger partial charge in [0.2, 0.25) is 0 Å². The highest BCUT2D eigenvalue weighted by Gasteiger charge is 2.39. The number of carboxylic acid groups (broad SMARTS) is 1.